The van der Waals surface area contributed by atoms with Crippen LogP contribution >= 0.6 is 0 Å². The number of ether oxygens (including phenoxy) is 13. The summed E-state index contributed by atoms with van der Waals surface area (Å²) in [5, 5.41) is 0. The van der Waals surface area contributed by atoms with Gasteiger partial charge in [-0.1, -0.05) is 0 Å². The molecule has 25 heteroatoms. The predicted octanol–water partition coefficient (Wildman–Crippen LogP) is 5.06. The molecule has 0 aromatic heterocycles. The van der Waals surface area contributed by atoms with Gasteiger partial charge in [0.2, 0.25) is 17.2 Å². The highest BCUT2D eigenvalue weighted by Gasteiger charge is 2.40. The van der Waals surface area contributed by atoms with Crippen molar-refractivity contribution in [2.24, 2.45) is 0 Å². The van der Waals surface area contributed by atoms with Gasteiger partial charge in [0.15, 0.2) is 40.6 Å². The summed E-state index contributed by atoms with van der Waals surface area (Å²) in [4.78, 5) is 151. The molecule has 1 heterocycles. The van der Waals surface area contributed by atoms with Crippen LogP contribution in [0.5, 0.6) is 69.0 Å². The summed E-state index contributed by atoms with van der Waals surface area (Å²) in [6.45, 7) is 9.91. The quantitative estimate of drug-likeness (QED) is 0.111. The number of benzene rings is 4. The van der Waals surface area contributed by atoms with Crippen LogP contribution in [0, 0.1) is 0 Å². The van der Waals surface area contributed by atoms with Crippen molar-refractivity contribution in [3.8, 4) is 69.0 Å². The highest BCUT2D eigenvalue weighted by atomic mass is 16.6. The molecule has 1 aliphatic heterocycles. The number of fused-ring (bicyclic) bond motifs is 1. The summed E-state index contributed by atoms with van der Waals surface area (Å²) < 4.78 is 70.6. The Balaban J connectivity index is 1.74. The maximum atomic E-state index is 14.3. The number of hydrogen-bond acceptors (Lipinski definition) is 25. The fourth-order valence-electron chi connectivity index (χ4n) is 6.76. The van der Waals surface area contributed by atoms with Gasteiger partial charge in [0.1, 0.15) is 23.4 Å². The zero-order valence-electron chi connectivity index (χ0n) is 40.7. The second-order valence-electron chi connectivity index (χ2n) is 15.4. The van der Waals surface area contributed by atoms with Gasteiger partial charge in [-0.3, -0.25) is 47.9 Å². The first-order valence-electron chi connectivity index (χ1n) is 21.3. The fraction of sp³-hybridized carbons (Fsp3) is 0.265. The predicted molar refractivity (Wildman–Crippen MR) is 240 cm³/mol. The number of esters is 12. The fourth-order valence-corrected chi connectivity index (χ4v) is 6.76. The van der Waals surface area contributed by atoms with Crippen LogP contribution in [0.1, 0.15) is 107 Å². The van der Waals surface area contributed by atoms with Crippen molar-refractivity contribution >= 4 is 71.6 Å². The molecule has 0 amide bonds. The minimum atomic E-state index is -1.63. The lowest BCUT2D eigenvalue weighted by Gasteiger charge is -2.34. The second-order valence-corrected chi connectivity index (χ2v) is 15.4. The van der Waals surface area contributed by atoms with Gasteiger partial charge in [-0.15, -0.1) is 0 Å². The number of carbonyl (C=O) groups excluding carboxylic acids is 12. The van der Waals surface area contributed by atoms with E-state index >= 15 is 0 Å². The monoisotopic (exact) mass is 1030 g/mol. The summed E-state index contributed by atoms with van der Waals surface area (Å²) >= 11 is 0. The number of carbonyl (C=O) groups is 12. The molecule has 0 aliphatic carbocycles. The summed E-state index contributed by atoms with van der Waals surface area (Å²) in [6.07, 6.45) is -3.68. The Labute approximate surface area is 417 Å². The van der Waals surface area contributed by atoms with E-state index in [0.717, 1.165) is 106 Å². The molecular weight excluding hydrogens is 989 g/mol. The average Bonchev–Trinajstić information content (AvgIpc) is 3.24. The third-order valence-electron chi connectivity index (χ3n) is 9.01. The first-order chi connectivity index (χ1) is 34.7. The standard InChI is InChI=1S/C49H42O25/c1-20(50)62-33-17-35(63-21(2)51)34-19-43(73-48(60)31-13-39(66-24(5)54)45(70-28(9)58)40(14-31)67-25(6)55)44(72-36(34)18-33)30-11-37(64-22(3)52)47(38(12-30)65-23(4)53)74-49(61)32-15-41(68-26(7)56)46(71-29(10)59)42(16-32)69-27(8)57/h11-18,43-44H,19H2,1-10H3. The molecule has 0 spiro atoms. The normalized spacial score (nSPS) is 13.2. The third-order valence-corrected chi connectivity index (χ3v) is 9.01. The van der Waals surface area contributed by atoms with Crippen LogP contribution in [0.15, 0.2) is 48.5 Å². The van der Waals surface area contributed by atoms with E-state index in [-0.39, 0.29) is 28.4 Å². The number of rotatable bonds is 15. The zero-order chi connectivity index (χ0) is 54.9. The summed E-state index contributed by atoms with van der Waals surface area (Å²) in [7, 11) is 0. The average molecular weight is 1030 g/mol. The molecule has 1 aliphatic rings. The van der Waals surface area contributed by atoms with E-state index in [1.807, 2.05) is 0 Å². The molecule has 4 aromatic carbocycles. The van der Waals surface area contributed by atoms with Gasteiger partial charge in [-0.2, -0.15) is 0 Å². The van der Waals surface area contributed by atoms with E-state index < -0.39 is 153 Å². The largest absolute Gasteiger partial charge is 0.481 e. The van der Waals surface area contributed by atoms with Crippen molar-refractivity contribution < 1.29 is 119 Å². The highest BCUT2D eigenvalue weighted by Crippen LogP contribution is 2.49. The molecule has 388 valence electrons. The Bertz CT molecular complexity index is 2940. The Morgan fingerprint density at radius 2 is 0.689 bits per heavy atom. The second kappa shape index (κ2) is 23.5. The van der Waals surface area contributed by atoms with Gasteiger partial charge < -0.3 is 61.6 Å². The van der Waals surface area contributed by atoms with Crippen LogP contribution in [-0.4, -0.2) is 77.7 Å². The van der Waals surface area contributed by atoms with E-state index in [2.05, 4.69) is 0 Å². The molecular formula is C49H42O25. The van der Waals surface area contributed by atoms with Gasteiger partial charge in [0, 0.05) is 98.9 Å². The molecule has 5 rings (SSSR count). The van der Waals surface area contributed by atoms with Gasteiger partial charge in [-0.05, 0) is 36.4 Å². The first kappa shape index (κ1) is 55.2. The highest BCUT2D eigenvalue weighted by molar-refractivity contribution is 5.95. The summed E-state index contributed by atoms with van der Waals surface area (Å²) in [5.74, 6) is -18.3. The van der Waals surface area contributed by atoms with E-state index in [4.69, 9.17) is 61.6 Å². The maximum Gasteiger partial charge on any atom is 0.344 e. The van der Waals surface area contributed by atoms with Gasteiger partial charge in [-0.25, -0.2) is 9.59 Å². The van der Waals surface area contributed by atoms with Crippen molar-refractivity contribution in [2.75, 3.05) is 0 Å². The molecule has 74 heavy (non-hydrogen) atoms. The molecule has 0 bridgehead atoms. The van der Waals surface area contributed by atoms with Crippen LogP contribution in [0.25, 0.3) is 0 Å². The first-order valence-corrected chi connectivity index (χ1v) is 21.3. The van der Waals surface area contributed by atoms with Crippen molar-refractivity contribution in [3.63, 3.8) is 0 Å². The smallest absolute Gasteiger partial charge is 0.344 e. The van der Waals surface area contributed by atoms with Crippen LogP contribution in [0.2, 0.25) is 0 Å². The lowest BCUT2D eigenvalue weighted by atomic mass is 9.93. The van der Waals surface area contributed by atoms with E-state index in [9.17, 15) is 57.5 Å². The lowest BCUT2D eigenvalue weighted by molar-refractivity contribution is -0.135. The third kappa shape index (κ3) is 14.7. The summed E-state index contributed by atoms with van der Waals surface area (Å²) in [5.41, 5.74) is -1.18. The van der Waals surface area contributed by atoms with Crippen molar-refractivity contribution in [2.45, 2.75) is 87.9 Å². The van der Waals surface area contributed by atoms with Crippen molar-refractivity contribution in [1.29, 1.82) is 0 Å². The van der Waals surface area contributed by atoms with Crippen LogP contribution < -0.4 is 56.8 Å². The molecule has 2 atom stereocenters. The van der Waals surface area contributed by atoms with E-state index in [1.54, 1.807) is 0 Å². The molecule has 4 aromatic rings. The van der Waals surface area contributed by atoms with Crippen molar-refractivity contribution in [3.05, 3.63) is 70.8 Å². The zero-order valence-corrected chi connectivity index (χ0v) is 40.7. The van der Waals surface area contributed by atoms with E-state index in [1.165, 1.54) is 12.1 Å². The summed E-state index contributed by atoms with van der Waals surface area (Å²) in [6, 6.07) is 8.06. The minimum absolute atomic E-state index is 0.0449. The Hall–Kier alpha value is -9.68. The molecule has 0 N–H and O–H groups in total. The van der Waals surface area contributed by atoms with Crippen LogP contribution in [-0.2, 0) is 59.1 Å². The van der Waals surface area contributed by atoms with Crippen LogP contribution in [0.3, 0.4) is 0 Å². The van der Waals surface area contributed by atoms with E-state index in [0.29, 0.717) is 0 Å². The number of hydrogen-bond donors (Lipinski definition) is 0. The Morgan fingerprint density at radius 1 is 0.365 bits per heavy atom. The molecule has 2 unspecified atom stereocenters. The molecule has 25 nitrogen and oxygen atoms in total. The molecule has 0 radical (unpaired) electrons. The van der Waals surface area contributed by atoms with Gasteiger partial charge in [0.25, 0.3) is 0 Å². The van der Waals surface area contributed by atoms with Gasteiger partial charge >= 0.3 is 71.6 Å². The van der Waals surface area contributed by atoms with Gasteiger partial charge in [0.05, 0.1) is 11.1 Å². The maximum absolute atomic E-state index is 14.3. The topological polar surface area (TPSA) is 325 Å². The lowest BCUT2D eigenvalue weighted by Crippen LogP contribution is -2.35. The Kier molecular flexibility index (Phi) is 17.5. The molecule has 0 fully saturated rings. The molecule has 0 saturated carbocycles. The van der Waals surface area contributed by atoms with Crippen LogP contribution in [0.4, 0.5) is 0 Å². The minimum Gasteiger partial charge on any atom is -0.481 e. The molecule has 0 saturated heterocycles. The Morgan fingerprint density at radius 3 is 1.05 bits per heavy atom. The SMILES string of the molecule is CC(=O)Oc1cc(OC(C)=O)c2c(c1)OC(c1cc(OC(C)=O)c(OC(=O)c3cc(OC(C)=O)c(OC(C)=O)c(OC(C)=O)c3)c(OC(C)=O)c1)C(OC(=O)c1cc(OC(C)=O)c(OC(C)=O)c(OC(C)=O)c1)C2. The van der Waals surface area contributed by atoms with Crippen molar-refractivity contribution in [1.82, 2.24) is 0 Å².